The Morgan fingerprint density at radius 2 is 1.89 bits per heavy atom. The third-order valence-electron chi connectivity index (χ3n) is 4.63. The first-order chi connectivity index (χ1) is 9.16. The zero-order chi connectivity index (χ0) is 13.3. The van der Waals surface area contributed by atoms with Crippen LogP contribution in [0, 0.1) is 0 Å². The largest absolute Gasteiger partial charge is 0.328 e. The van der Waals surface area contributed by atoms with E-state index in [9.17, 15) is 4.39 Å². The van der Waals surface area contributed by atoms with Gasteiger partial charge in [0.2, 0.25) is 0 Å². The average molecular weight is 262 g/mol. The van der Waals surface area contributed by atoms with E-state index in [1.54, 1.807) is 0 Å². The smallest absolute Gasteiger partial charge is 0.123 e. The second-order valence-electron chi connectivity index (χ2n) is 6.23. The SMILES string of the molecule is NC1CCC(F)(CNC2CC2c2ccccc2)CC1. The number of alkyl halides is 1. The van der Waals surface area contributed by atoms with E-state index in [1.807, 2.05) is 6.07 Å². The van der Waals surface area contributed by atoms with Gasteiger partial charge in [0.15, 0.2) is 0 Å². The Morgan fingerprint density at radius 1 is 1.21 bits per heavy atom. The molecule has 3 rings (SSSR count). The summed E-state index contributed by atoms with van der Waals surface area (Å²) in [6, 6.07) is 11.2. The molecule has 2 aliphatic carbocycles. The molecule has 2 atom stereocenters. The summed E-state index contributed by atoms with van der Waals surface area (Å²) in [7, 11) is 0. The molecule has 1 aromatic rings. The Balaban J connectivity index is 1.47. The summed E-state index contributed by atoms with van der Waals surface area (Å²) in [5.41, 5.74) is 6.18. The molecule has 0 bridgehead atoms. The number of benzene rings is 1. The maximum Gasteiger partial charge on any atom is 0.123 e. The predicted octanol–water partition coefficient (Wildman–Crippen LogP) is 2.74. The van der Waals surface area contributed by atoms with Crippen LogP contribution in [0.15, 0.2) is 30.3 Å². The topological polar surface area (TPSA) is 38.0 Å². The average Bonchev–Trinajstić information content (AvgIpc) is 3.21. The summed E-state index contributed by atoms with van der Waals surface area (Å²) in [5, 5.41) is 3.41. The molecule has 0 spiro atoms. The number of halogens is 1. The summed E-state index contributed by atoms with van der Waals surface area (Å²) in [6.07, 6.45) is 4.02. The van der Waals surface area contributed by atoms with E-state index >= 15 is 0 Å². The summed E-state index contributed by atoms with van der Waals surface area (Å²) < 4.78 is 14.5. The van der Waals surface area contributed by atoms with Crippen molar-refractivity contribution in [2.45, 2.75) is 55.8 Å². The molecule has 0 aromatic heterocycles. The Hall–Kier alpha value is -0.930. The van der Waals surface area contributed by atoms with Gasteiger partial charge in [0, 0.05) is 24.5 Å². The van der Waals surface area contributed by atoms with Gasteiger partial charge in [-0.05, 0) is 37.7 Å². The lowest BCUT2D eigenvalue weighted by atomic mass is 9.84. The summed E-state index contributed by atoms with van der Waals surface area (Å²) >= 11 is 0. The fourth-order valence-corrected chi connectivity index (χ4v) is 3.14. The van der Waals surface area contributed by atoms with Crippen molar-refractivity contribution in [2.24, 2.45) is 5.73 Å². The summed E-state index contributed by atoms with van der Waals surface area (Å²) in [5.74, 6) is 0.579. The van der Waals surface area contributed by atoms with Gasteiger partial charge >= 0.3 is 0 Å². The Kier molecular flexibility index (Phi) is 3.59. The fraction of sp³-hybridized carbons (Fsp3) is 0.625. The normalized spacial score (nSPS) is 38.1. The van der Waals surface area contributed by atoms with Crippen LogP contribution in [0.2, 0.25) is 0 Å². The highest BCUT2D eigenvalue weighted by Crippen LogP contribution is 2.41. The van der Waals surface area contributed by atoms with E-state index < -0.39 is 5.67 Å². The van der Waals surface area contributed by atoms with Crippen molar-refractivity contribution in [1.82, 2.24) is 5.32 Å². The van der Waals surface area contributed by atoms with Crippen LogP contribution >= 0.6 is 0 Å². The predicted molar refractivity (Wildman–Crippen MR) is 75.9 cm³/mol. The molecule has 19 heavy (non-hydrogen) atoms. The minimum absolute atomic E-state index is 0.210. The molecular weight excluding hydrogens is 239 g/mol. The van der Waals surface area contributed by atoms with Crippen LogP contribution < -0.4 is 11.1 Å². The van der Waals surface area contributed by atoms with Crippen LogP contribution in [0.25, 0.3) is 0 Å². The lowest BCUT2D eigenvalue weighted by Crippen LogP contribution is -2.43. The molecule has 2 fully saturated rings. The molecule has 0 saturated heterocycles. The van der Waals surface area contributed by atoms with Gasteiger partial charge in [0.05, 0.1) is 0 Å². The molecule has 0 amide bonds. The highest BCUT2D eigenvalue weighted by molar-refractivity contribution is 5.27. The molecule has 2 saturated carbocycles. The van der Waals surface area contributed by atoms with E-state index in [4.69, 9.17) is 5.73 Å². The van der Waals surface area contributed by atoms with E-state index in [0.717, 1.165) is 19.3 Å². The molecule has 0 aliphatic heterocycles. The van der Waals surface area contributed by atoms with E-state index in [-0.39, 0.29) is 6.04 Å². The molecule has 1 aromatic carbocycles. The Labute approximate surface area is 114 Å². The van der Waals surface area contributed by atoms with Gasteiger partial charge in [-0.1, -0.05) is 30.3 Å². The Bertz CT molecular complexity index is 412. The quantitative estimate of drug-likeness (QED) is 0.875. The van der Waals surface area contributed by atoms with E-state index in [1.165, 1.54) is 5.56 Å². The van der Waals surface area contributed by atoms with Crippen molar-refractivity contribution < 1.29 is 4.39 Å². The molecular formula is C16H23FN2. The van der Waals surface area contributed by atoms with Gasteiger partial charge in [0.25, 0.3) is 0 Å². The molecule has 104 valence electrons. The third kappa shape index (κ3) is 3.15. The molecule has 0 radical (unpaired) electrons. The maximum atomic E-state index is 14.5. The first-order valence-electron chi connectivity index (χ1n) is 7.39. The number of nitrogens with two attached hydrogens (primary N) is 1. The Morgan fingerprint density at radius 3 is 2.58 bits per heavy atom. The molecule has 2 aliphatic rings. The standard InChI is InChI=1S/C16H23FN2/c17-16(8-6-13(18)7-9-16)11-19-15-10-14(15)12-4-2-1-3-5-12/h1-5,13-15,19H,6-11,18H2. The lowest BCUT2D eigenvalue weighted by molar-refractivity contribution is 0.0973. The molecule has 3 N–H and O–H groups in total. The molecule has 3 heteroatoms. The molecule has 0 heterocycles. The zero-order valence-corrected chi connectivity index (χ0v) is 11.3. The minimum Gasteiger partial charge on any atom is -0.328 e. The van der Waals surface area contributed by atoms with Crippen LogP contribution in [0.5, 0.6) is 0 Å². The lowest BCUT2D eigenvalue weighted by Gasteiger charge is -2.32. The van der Waals surface area contributed by atoms with Crippen LogP contribution in [0.1, 0.15) is 43.6 Å². The van der Waals surface area contributed by atoms with Crippen molar-refractivity contribution in [3.8, 4) is 0 Å². The first-order valence-corrected chi connectivity index (χ1v) is 7.39. The molecule has 2 unspecified atom stereocenters. The zero-order valence-electron chi connectivity index (χ0n) is 11.3. The van der Waals surface area contributed by atoms with Gasteiger partial charge in [-0.15, -0.1) is 0 Å². The van der Waals surface area contributed by atoms with Gasteiger partial charge in [0.1, 0.15) is 5.67 Å². The van der Waals surface area contributed by atoms with Gasteiger partial charge in [-0.2, -0.15) is 0 Å². The van der Waals surface area contributed by atoms with Crippen molar-refractivity contribution in [3.05, 3.63) is 35.9 Å². The van der Waals surface area contributed by atoms with Crippen molar-refractivity contribution in [3.63, 3.8) is 0 Å². The van der Waals surface area contributed by atoms with Crippen LogP contribution in [0.3, 0.4) is 0 Å². The van der Waals surface area contributed by atoms with Gasteiger partial charge < -0.3 is 11.1 Å². The monoisotopic (exact) mass is 262 g/mol. The summed E-state index contributed by atoms with van der Waals surface area (Å²) in [4.78, 5) is 0. The van der Waals surface area contributed by atoms with Crippen LogP contribution in [0.4, 0.5) is 4.39 Å². The maximum absolute atomic E-state index is 14.5. The van der Waals surface area contributed by atoms with Gasteiger partial charge in [-0.3, -0.25) is 0 Å². The first kappa shape index (κ1) is 13.1. The second-order valence-corrected chi connectivity index (χ2v) is 6.23. The third-order valence-corrected chi connectivity index (χ3v) is 4.63. The second kappa shape index (κ2) is 5.22. The van der Waals surface area contributed by atoms with Gasteiger partial charge in [-0.25, -0.2) is 4.39 Å². The van der Waals surface area contributed by atoms with Crippen LogP contribution in [-0.2, 0) is 0 Å². The minimum atomic E-state index is -1.03. The molecule has 2 nitrogen and oxygen atoms in total. The van der Waals surface area contributed by atoms with E-state index in [0.29, 0.717) is 31.3 Å². The van der Waals surface area contributed by atoms with E-state index in [2.05, 4.69) is 29.6 Å². The van der Waals surface area contributed by atoms with Crippen molar-refractivity contribution in [1.29, 1.82) is 0 Å². The van der Waals surface area contributed by atoms with Crippen molar-refractivity contribution in [2.75, 3.05) is 6.54 Å². The number of rotatable bonds is 4. The highest BCUT2D eigenvalue weighted by atomic mass is 19.1. The van der Waals surface area contributed by atoms with Crippen molar-refractivity contribution >= 4 is 0 Å². The highest BCUT2D eigenvalue weighted by Gasteiger charge is 2.41. The number of nitrogens with one attached hydrogen (secondary N) is 1. The summed E-state index contributed by atoms with van der Waals surface area (Å²) in [6.45, 7) is 0.494. The van der Waals surface area contributed by atoms with Crippen LogP contribution in [-0.4, -0.2) is 24.3 Å². The number of hydrogen-bond acceptors (Lipinski definition) is 2. The number of hydrogen-bond donors (Lipinski definition) is 2. The fourth-order valence-electron chi connectivity index (χ4n) is 3.14.